The zero-order chi connectivity index (χ0) is 13.5. The molecule has 0 atom stereocenters. The van der Waals surface area contributed by atoms with Gasteiger partial charge in [0.05, 0.1) is 11.1 Å². The molecular weight excluding hydrogens is 236 g/mol. The average molecular weight is 254 g/mol. The molecule has 0 aliphatic heterocycles. The van der Waals surface area contributed by atoms with E-state index in [1.165, 1.54) is 19.3 Å². The van der Waals surface area contributed by atoms with E-state index in [1.807, 2.05) is 12.1 Å². The highest BCUT2D eigenvalue weighted by atomic mass is 15.2. The van der Waals surface area contributed by atoms with Gasteiger partial charge in [0.1, 0.15) is 11.6 Å². The Balaban J connectivity index is 2.24. The van der Waals surface area contributed by atoms with E-state index in [0.29, 0.717) is 11.5 Å². The van der Waals surface area contributed by atoms with Crippen LogP contribution in [-0.2, 0) is 5.54 Å². The minimum atomic E-state index is 0.0329. The molecule has 4 heteroatoms. The Morgan fingerprint density at radius 1 is 1.32 bits per heavy atom. The fourth-order valence-corrected chi connectivity index (χ4v) is 3.31. The summed E-state index contributed by atoms with van der Waals surface area (Å²) in [6.07, 6.45) is 6.01. The van der Waals surface area contributed by atoms with Crippen molar-refractivity contribution >= 4 is 17.0 Å². The van der Waals surface area contributed by atoms with E-state index < -0.39 is 0 Å². The van der Waals surface area contributed by atoms with Crippen LogP contribution < -0.4 is 5.73 Å². The number of nitrogens with zero attached hydrogens (tertiary/aromatic N) is 3. The molecule has 0 unspecified atom stereocenters. The standard InChI is InChI=1S/C15H18N4/c1-15(8-3-2-4-9-15)19-12-7-5-6-11(10-16)13(12)18-14(19)17/h5-7H,2-4,8-9H2,1H3,(H2,17,18). The molecule has 0 amide bonds. The fourth-order valence-electron chi connectivity index (χ4n) is 3.31. The second-order valence-electron chi connectivity index (χ2n) is 5.65. The van der Waals surface area contributed by atoms with Gasteiger partial charge >= 0.3 is 0 Å². The van der Waals surface area contributed by atoms with Gasteiger partial charge in [0.25, 0.3) is 0 Å². The molecule has 4 nitrogen and oxygen atoms in total. The van der Waals surface area contributed by atoms with Gasteiger partial charge in [0.2, 0.25) is 5.95 Å². The average Bonchev–Trinajstić information content (AvgIpc) is 2.76. The van der Waals surface area contributed by atoms with Gasteiger partial charge in [-0.2, -0.15) is 5.26 Å². The molecule has 1 saturated carbocycles. The van der Waals surface area contributed by atoms with Crippen LogP contribution in [-0.4, -0.2) is 9.55 Å². The van der Waals surface area contributed by atoms with E-state index in [9.17, 15) is 5.26 Å². The number of hydrogen-bond donors (Lipinski definition) is 1. The van der Waals surface area contributed by atoms with Gasteiger partial charge in [-0.05, 0) is 31.9 Å². The maximum absolute atomic E-state index is 9.17. The van der Waals surface area contributed by atoms with Crippen LogP contribution in [0.15, 0.2) is 18.2 Å². The smallest absolute Gasteiger partial charge is 0.201 e. The minimum absolute atomic E-state index is 0.0329. The number of aromatic nitrogens is 2. The number of nitrogens with two attached hydrogens (primary N) is 1. The SMILES string of the molecule is CC1(n2c(N)nc3c(C#N)cccc32)CCCCC1. The lowest BCUT2D eigenvalue weighted by Gasteiger charge is -2.36. The molecule has 19 heavy (non-hydrogen) atoms. The number of nitrogen functional groups attached to an aromatic ring is 1. The minimum Gasteiger partial charge on any atom is -0.369 e. The van der Waals surface area contributed by atoms with Crippen molar-refractivity contribution < 1.29 is 0 Å². The molecule has 1 aliphatic rings. The molecule has 2 aromatic rings. The van der Waals surface area contributed by atoms with Crippen molar-refractivity contribution in [3.05, 3.63) is 23.8 Å². The van der Waals surface area contributed by atoms with Gasteiger partial charge in [0, 0.05) is 5.54 Å². The van der Waals surface area contributed by atoms with Gasteiger partial charge in [-0.1, -0.05) is 25.3 Å². The molecule has 1 fully saturated rings. The van der Waals surface area contributed by atoms with Crippen LogP contribution >= 0.6 is 0 Å². The number of imidazole rings is 1. The first kappa shape index (κ1) is 12.0. The Bertz CT molecular complexity index is 657. The molecule has 3 rings (SSSR count). The maximum Gasteiger partial charge on any atom is 0.201 e. The van der Waals surface area contributed by atoms with Crippen molar-refractivity contribution in [1.29, 1.82) is 5.26 Å². The number of benzene rings is 1. The molecule has 1 heterocycles. The van der Waals surface area contributed by atoms with Gasteiger partial charge in [-0.3, -0.25) is 0 Å². The van der Waals surface area contributed by atoms with E-state index in [-0.39, 0.29) is 5.54 Å². The summed E-state index contributed by atoms with van der Waals surface area (Å²) in [4.78, 5) is 4.42. The van der Waals surface area contributed by atoms with E-state index >= 15 is 0 Å². The van der Waals surface area contributed by atoms with Crippen LogP contribution in [0.25, 0.3) is 11.0 Å². The van der Waals surface area contributed by atoms with Gasteiger partial charge in [0.15, 0.2) is 0 Å². The first-order valence-corrected chi connectivity index (χ1v) is 6.83. The van der Waals surface area contributed by atoms with Crippen molar-refractivity contribution in [1.82, 2.24) is 9.55 Å². The van der Waals surface area contributed by atoms with Gasteiger partial charge in [-0.15, -0.1) is 0 Å². The molecular formula is C15H18N4. The number of rotatable bonds is 1. The first-order chi connectivity index (χ1) is 9.15. The van der Waals surface area contributed by atoms with Crippen LogP contribution in [0.4, 0.5) is 5.95 Å². The number of fused-ring (bicyclic) bond motifs is 1. The lowest BCUT2D eigenvalue weighted by Crippen LogP contribution is -2.33. The molecule has 98 valence electrons. The monoisotopic (exact) mass is 254 g/mol. The van der Waals surface area contributed by atoms with Crippen LogP contribution in [0.1, 0.15) is 44.6 Å². The quantitative estimate of drug-likeness (QED) is 0.849. The van der Waals surface area contributed by atoms with Crippen molar-refractivity contribution in [2.75, 3.05) is 5.73 Å². The lowest BCUT2D eigenvalue weighted by atomic mass is 9.83. The van der Waals surface area contributed by atoms with Gasteiger partial charge in [-0.25, -0.2) is 4.98 Å². The molecule has 0 bridgehead atoms. The number of hydrogen-bond acceptors (Lipinski definition) is 3. The Morgan fingerprint density at radius 3 is 2.74 bits per heavy atom. The maximum atomic E-state index is 9.17. The van der Waals surface area contributed by atoms with E-state index in [1.54, 1.807) is 6.07 Å². The summed E-state index contributed by atoms with van der Waals surface area (Å²) < 4.78 is 2.14. The van der Waals surface area contributed by atoms with Crippen molar-refractivity contribution in [3.8, 4) is 6.07 Å². The highest BCUT2D eigenvalue weighted by Crippen LogP contribution is 2.38. The predicted octanol–water partition coefficient (Wildman–Crippen LogP) is 3.17. The zero-order valence-electron chi connectivity index (χ0n) is 11.2. The van der Waals surface area contributed by atoms with Gasteiger partial charge < -0.3 is 10.3 Å². The molecule has 0 spiro atoms. The third-order valence-electron chi connectivity index (χ3n) is 4.30. The van der Waals surface area contributed by atoms with E-state index in [4.69, 9.17) is 5.73 Å². The molecule has 1 aromatic heterocycles. The Morgan fingerprint density at radius 2 is 2.05 bits per heavy atom. The van der Waals surface area contributed by atoms with Crippen LogP contribution in [0.2, 0.25) is 0 Å². The number of anilines is 1. The largest absolute Gasteiger partial charge is 0.369 e. The molecule has 2 N–H and O–H groups in total. The molecule has 0 radical (unpaired) electrons. The van der Waals surface area contributed by atoms with E-state index in [0.717, 1.165) is 23.9 Å². The molecule has 1 aliphatic carbocycles. The first-order valence-electron chi connectivity index (χ1n) is 6.83. The van der Waals surface area contributed by atoms with Crippen molar-refractivity contribution in [2.45, 2.75) is 44.6 Å². The van der Waals surface area contributed by atoms with E-state index in [2.05, 4.69) is 22.5 Å². The third-order valence-corrected chi connectivity index (χ3v) is 4.30. The number of nitriles is 1. The highest BCUT2D eigenvalue weighted by Gasteiger charge is 2.32. The van der Waals surface area contributed by atoms with Crippen molar-refractivity contribution in [3.63, 3.8) is 0 Å². The van der Waals surface area contributed by atoms with Crippen LogP contribution in [0.3, 0.4) is 0 Å². The lowest BCUT2D eigenvalue weighted by molar-refractivity contribution is 0.228. The highest BCUT2D eigenvalue weighted by molar-refractivity contribution is 5.84. The predicted molar refractivity (Wildman–Crippen MR) is 75.6 cm³/mol. The summed E-state index contributed by atoms with van der Waals surface area (Å²) >= 11 is 0. The van der Waals surface area contributed by atoms with Crippen molar-refractivity contribution in [2.24, 2.45) is 0 Å². The summed E-state index contributed by atoms with van der Waals surface area (Å²) in [6.45, 7) is 2.25. The number of para-hydroxylation sites is 1. The Hall–Kier alpha value is -2.02. The van der Waals surface area contributed by atoms with Crippen LogP contribution in [0.5, 0.6) is 0 Å². The summed E-state index contributed by atoms with van der Waals surface area (Å²) in [5.41, 5.74) is 8.49. The van der Waals surface area contributed by atoms with Crippen LogP contribution in [0, 0.1) is 11.3 Å². The second kappa shape index (κ2) is 4.27. The Kier molecular flexibility index (Phi) is 2.70. The zero-order valence-corrected chi connectivity index (χ0v) is 11.2. The third kappa shape index (κ3) is 1.77. The second-order valence-corrected chi connectivity index (χ2v) is 5.65. The summed E-state index contributed by atoms with van der Waals surface area (Å²) in [7, 11) is 0. The molecule has 0 saturated heterocycles. The topological polar surface area (TPSA) is 67.6 Å². The Labute approximate surface area is 112 Å². The summed E-state index contributed by atoms with van der Waals surface area (Å²) in [5, 5.41) is 9.17. The summed E-state index contributed by atoms with van der Waals surface area (Å²) in [6, 6.07) is 7.91. The fraction of sp³-hybridized carbons (Fsp3) is 0.467. The normalized spacial score (nSPS) is 18.3. The summed E-state index contributed by atoms with van der Waals surface area (Å²) in [5.74, 6) is 0.530. The molecule has 1 aromatic carbocycles.